The molecular weight excluding hydrogens is 370 g/mol. The van der Waals surface area contributed by atoms with Gasteiger partial charge in [-0.25, -0.2) is 12.7 Å². The first-order chi connectivity index (χ1) is 12.9. The molecule has 0 unspecified atom stereocenters. The number of rotatable bonds is 7. The summed E-state index contributed by atoms with van der Waals surface area (Å²) in [6, 6.07) is 13.9. The van der Waals surface area contributed by atoms with Crippen molar-refractivity contribution in [3.05, 3.63) is 54.1 Å². The summed E-state index contributed by atoms with van der Waals surface area (Å²) < 4.78 is 25.6. The fourth-order valence-corrected chi connectivity index (χ4v) is 3.23. The van der Waals surface area contributed by atoms with Crippen LogP contribution in [-0.2, 0) is 21.4 Å². The van der Waals surface area contributed by atoms with Gasteiger partial charge >= 0.3 is 0 Å². The lowest BCUT2D eigenvalue weighted by atomic mass is 10.2. The van der Waals surface area contributed by atoms with Gasteiger partial charge in [-0.1, -0.05) is 35.2 Å². The van der Waals surface area contributed by atoms with Crippen LogP contribution >= 0.6 is 0 Å². The van der Waals surface area contributed by atoms with E-state index in [1.165, 1.54) is 32.3 Å². The number of nitrogens with zero attached hydrogens (tertiary/aromatic N) is 4. The van der Waals surface area contributed by atoms with Crippen LogP contribution in [0.5, 0.6) is 0 Å². The van der Waals surface area contributed by atoms with Gasteiger partial charge in [0.1, 0.15) is 11.0 Å². The summed E-state index contributed by atoms with van der Waals surface area (Å²) in [7, 11) is -0.710. The highest BCUT2D eigenvalue weighted by Crippen LogP contribution is 2.18. The molecule has 0 spiro atoms. The van der Waals surface area contributed by atoms with E-state index in [2.05, 4.69) is 15.6 Å². The number of carbonyl (C=O) groups excluding carboxylic acids is 1. The fraction of sp³-hybridized carbons (Fsp3) is 0.235. The molecule has 1 amide bonds. The van der Waals surface area contributed by atoms with Gasteiger partial charge in [-0.3, -0.25) is 4.79 Å². The van der Waals surface area contributed by atoms with Crippen LogP contribution in [0.3, 0.4) is 0 Å². The Hall–Kier alpha value is -2.98. The van der Waals surface area contributed by atoms with Crippen molar-refractivity contribution in [2.45, 2.75) is 11.4 Å². The molecule has 3 aromatic rings. The third kappa shape index (κ3) is 4.23. The van der Waals surface area contributed by atoms with E-state index in [0.717, 1.165) is 14.7 Å². The highest BCUT2D eigenvalue weighted by Gasteiger charge is 2.19. The molecule has 0 aliphatic rings. The zero-order chi connectivity index (χ0) is 19.4. The smallest absolute Gasteiger partial charge is 0.261 e. The summed E-state index contributed by atoms with van der Waals surface area (Å²) >= 11 is 0. The summed E-state index contributed by atoms with van der Waals surface area (Å²) in [5, 5.41) is 10.4. The minimum Gasteiger partial charge on any atom is -0.385 e. The first-order valence-electron chi connectivity index (χ1n) is 8.10. The largest absolute Gasteiger partial charge is 0.385 e. The molecule has 27 heavy (non-hydrogen) atoms. The molecule has 0 aliphatic carbocycles. The van der Waals surface area contributed by atoms with Crippen LogP contribution in [0.4, 0.5) is 0 Å². The molecule has 0 saturated heterocycles. The van der Waals surface area contributed by atoms with Crippen molar-refractivity contribution in [1.82, 2.24) is 24.8 Å². The highest BCUT2D eigenvalue weighted by atomic mass is 32.2. The first-order valence-corrected chi connectivity index (χ1v) is 9.54. The molecule has 0 fully saturated rings. The van der Waals surface area contributed by atoms with E-state index in [1.54, 1.807) is 0 Å². The zero-order valence-electron chi connectivity index (χ0n) is 14.9. The molecule has 3 rings (SSSR count). The summed E-state index contributed by atoms with van der Waals surface area (Å²) in [5.74, 6) is -0.334. The van der Waals surface area contributed by atoms with E-state index in [1.807, 2.05) is 30.3 Å². The van der Waals surface area contributed by atoms with E-state index in [4.69, 9.17) is 4.84 Å². The van der Waals surface area contributed by atoms with Crippen LogP contribution < -0.4 is 10.2 Å². The number of sulfonamides is 1. The predicted molar refractivity (Wildman–Crippen MR) is 98.1 cm³/mol. The van der Waals surface area contributed by atoms with Crippen molar-refractivity contribution < 1.29 is 18.0 Å². The predicted octanol–water partition coefficient (Wildman–Crippen LogP) is 0.427. The Balaban J connectivity index is 1.69. The van der Waals surface area contributed by atoms with Gasteiger partial charge in [0.2, 0.25) is 10.0 Å². The standard InChI is InChI=1S/C17H19N5O4S/c1-21(2)27(24,25)14-8-9-15-16(10-14)22(20-19-15)26-12-17(23)18-11-13-6-4-3-5-7-13/h3-10H,11-12H2,1-2H3,(H,18,23). The van der Waals surface area contributed by atoms with Crippen LogP contribution in [0, 0.1) is 0 Å². The zero-order valence-corrected chi connectivity index (χ0v) is 15.7. The van der Waals surface area contributed by atoms with Crippen molar-refractivity contribution in [3.63, 3.8) is 0 Å². The number of fused-ring (bicyclic) bond motifs is 1. The maximum atomic E-state index is 12.3. The average Bonchev–Trinajstić information content (AvgIpc) is 3.07. The second-order valence-electron chi connectivity index (χ2n) is 5.94. The normalized spacial score (nSPS) is 11.7. The molecule has 1 heterocycles. The first kappa shape index (κ1) is 18.8. The number of hydrogen-bond donors (Lipinski definition) is 1. The van der Waals surface area contributed by atoms with E-state index in [9.17, 15) is 13.2 Å². The second kappa shape index (κ2) is 7.72. The van der Waals surface area contributed by atoms with Gasteiger partial charge in [0.25, 0.3) is 5.91 Å². The molecule has 2 aromatic carbocycles. The quantitative estimate of drug-likeness (QED) is 0.628. The van der Waals surface area contributed by atoms with Crippen LogP contribution in [0.15, 0.2) is 53.4 Å². The van der Waals surface area contributed by atoms with Crippen molar-refractivity contribution >= 4 is 27.0 Å². The summed E-state index contributed by atoms with van der Waals surface area (Å²) in [5.41, 5.74) is 1.78. The minimum atomic E-state index is -3.60. The number of carbonyl (C=O) groups is 1. The van der Waals surface area contributed by atoms with Gasteiger partial charge in [0.05, 0.1) is 4.90 Å². The van der Waals surface area contributed by atoms with Crippen LogP contribution in [0.1, 0.15) is 5.56 Å². The van der Waals surface area contributed by atoms with E-state index >= 15 is 0 Å². The van der Waals surface area contributed by atoms with Crippen LogP contribution in [-0.4, -0.2) is 54.5 Å². The lowest BCUT2D eigenvalue weighted by Gasteiger charge is -2.11. The van der Waals surface area contributed by atoms with Gasteiger partial charge in [-0.15, -0.1) is 5.10 Å². The maximum Gasteiger partial charge on any atom is 0.261 e. The molecule has 0 aliphatic heterocycles. The number of benzene rings is 2. The molecule has 0 bridgehead atoms. The Morgan fingerprint density at radius 3 is 2.63 bits per heavy atom. The topological polar surface area (TPSA) is 106 Å². The fourth-order valence-electron chi connectivity index (χ4n) is 2.31. The van der Waals surface area contributed by atoms with E-state index < -0.39 is 10.0 Å². The molecule has 0 atom stereocenters. The molecule has 0 saturated carbocycles. The minimum absolute atomic E-state index is 0.0840. The highest BCUT2D eigenvalue weighted by molar-refractivity contribution is 7.89. The maximum absolute atomic E-state index is 12.3. The van der Waals surface area contributed by atoms with Crippen LogP contribution in [0.2, 0.25) is 0 Å². The summed E-state index contributed by atoms with van der Waals surface area (Å²) in [4.78, 5) is 18.5. The average molecular weight is 389 g/mol. The van der Waals surface area contributed by atoms with Gasteiger partial charge in [0.15, 0.2) is 6.61 Å². The Kier molecular flexibility index (Phi) is 5.38. The summed E-state index contributed by atoms with van der Waals surface area (Å²) in [6.45, 7) is 0.0995. The third-order valence-electron chi connectivity index (χ3n) is 3.82. The van der Waals surface area contributed by atoms with Crippen LogP contribution in [0.25, 0.3) is 11.0 Å². The Bertz CT molecular complexity index is 1050. The Morgan fingerprint density at radius 2 is 1.93 bits per heavy atom. The molecule has 10 heteroatoms. The molecule has 1 aromatic heterocycles. The molecule has 1 N–H and O–H groups in total. The summed E-state index contributed by atoms with van der Waals surface area (Å²) in [6.07, 6.45) is 0. The van der Waals surface area contributed by atoms with Gasteiger partial charge in [-0.2, -0.15) is 0 Å². The number of nitrogens with one attached hydrogen (secondary N) is 1. The molecule has 0 radical (unpaired) electrons. The Morgan fingerprint density at radius 1 is 1.19 bits per heavy atom. The SMILES string of the molecule is CN(C)S(=O)(=O)c1ccc2nnn(OCC(=O)NCc3ccccc3)c2c1. The van der Waals surface area contributed by atoms with Crippen molar-refractivity contribution in [2.24, 2.45) is 0 Å². The van der Waals surface area contributed by atoms with Crippen molar-refractivity contribution in [3.8, 4) is 0 Å². The van der Waals surface area contributed by atoms with Crippen molar-refractivity contribution in [1.29, 1.82) is 0 Å². The van der Waals surface area contributed by atoms with Gasteiger partial charge in [-0.05, 0) is 29.0 Å². The van der Waals surface area contributed by atoms with Gasteiger partial charge < -0.3 is 10.2 Å². The van der Waals surface area contributed by atoms with E-state index in [-0.39, 0.29) is 17.4 Å². The van der Waals surface area contributed by atoms with Crippen molar-refractivity contribution in [2.75, 3.05) is 20.7 Å². The molecular formula is C17H19N5O4S. The second-order valence-corrected chi connectivity index (χ2v) is 8.09. The number of aromatic nitrogens is 3. The molecule has 9 nitrogen and oxygen atoms in total. The lowest BCUT2D eigenvalue weighted by Crippen LogP contribution is -2.31. The number of amides is 1. The van der Waals surface area contributed by atoms with E-state index in [0.29, 0.717) is 17.6 Å². The molecule has 142 valence electrons. The number of hydrogen-bond acceptors (Lipinski definition) is 6. The monoisotopic (exact) mass is 389 g/mol. The lowest BCUT2D eigenvalue weighted by molar-refractivity contribution is -0.126. The third-order valence-corrected chi connectivity index (χ3v) is 5.63. The Labute approximate surface area is 156 Å². The van der Waals surface area contributed by atoms with Gasteiger partial charge in [0, 0.05) is 20.6 Å².